The molecule has 9 heteroatoms. The molecular formula is C26H18O6S3. The summed E-state index contributed by atoms with van der Waals surface area (Å²) in [4.78, 5) is 0.455. The van der Waals surface area contributed by atoms with Gasteiger partial charge in [-0.25, -0.2) is 0 Å². The Morgan fingerprint density at radius 3 is 1.71 bits per heavy atom. The Labute approximate surface area is 207 Å². The first-order valence-electron chi connectivity index (χ1n) is 10.5. The SMILES string of the molecule is O=S(=O)(Oc1ccccc1-c1sc2ccccc2c1OS(=O)(=O)c1ccccc1)c1ccccc1. The van der Waals surface area contributed by atoms with E-state index in [9.17, 15) is 16.8 Å². The topological polar surface area (TPSA) is 86.7 Å². The standard InChI is InChI=1S/C26H18O6S3/c27-34(28,19-11-3-1-4-12-19)31-23-17-9-7-15-21(23)26-25(22-16-8-10-18-24(22)33-26)32-35(29,30)20-13-5-2-6-14-20/h1-18H. The zero-order valence-electron chi connectivity index (χ0n) is 18.1. The van der Waals surface area contributed by atoms with Crippen molar-refractivity contribution >= 4 is 41.7 Å². The Balaban J connectivity index is 1.64. The van der Waals surface area contributed by atoms with Crippen LogP contribution in [0.3, 0.4) is 0 Å². The highest BCUT2D eigenvalue weighted by molar-refractivity contribution is 7.87. The fourth-order valence-electron chi connectivity index (χ4n) is 3.51. The Morgan fingerprint density at radius 2 is 1.06 bits per heavy atom. The van der Waals surface area contributed by atoms with Gasteiger partial charge in [0.05, 0.1) is 4.88 Å². The van der Waals surface area contributed by atoms with E-state index in [0.29, 0.717) is 15.8 Å². The summed E-state index contributed by atoms with van der Waals surface area (Å²) in [6, 6.07) is 29.4. The lowest BCUT2D eigenvalue weighted by Crippen LogP contribution is -2.11. The van der Waals surface area contributed by atoms with E-state index in [2.05, 4.69) is 0 Å². The molecule has 0 fully saturated rings. The molecule has 0 radical (unpaired) electrons. The molecule has 0 saturated carbocycles. The highest BCUT2D eigenvalue weighted by Crippen LogP contribution is 2.48. The van der Waals surface area contributed by atoms with Gasteiger partial charge in [0.15, 0.2) is 11.5 Å². The maximum atomic E-state index is 13.1. The second-order valence-corrected chi connectivity index (χ2v) is 11.6. The van der Waals surface area contributed by atoms with Crippen molar-refractivity contribution in [3.05, 3.63) is 109 Å². The molecule has 4 aromatic carbocycles. The van der Waals surface area contributed by atoms with Crippen LogP contribution < -0.4 is 8.37 Å². The molecule has 0 aliphatic rings. The first-order valence-corrected chi connectivity index (χ1v) is 14.1. The monoisotopic (exact) mass is 522 g/mol. The quantitative estimate of drug-likeness (QED) is 0.240. The maximum absolute atomic E-state index is 13.1. The molecule has 1 aromatic heterocycles. The minimum atomic E-state index is -4.15. The third kappa shape index (κ3) is 4.66. The average molecular weight is 523 g/mol. The molecule has 0 aliphatic carbocycles. The molecule has 35 heavy (non-hydrogen) atoms. The zero-order chi connectivity index (χ0) is 24.5. The molecule has 0 unspecified atom stereocenters. The number of hydrogen-bond acceptors (Lipinski definition) is 7. The molecule has 6 nitrogen and oxygen atoms in total. The van der Waals surface area contributed by atoms with Crippen molar-refractivity contribution in [3.8, 4) is 21.9 Å². The summed E-state index contributed by atoms with van der Waals surface area (Å²) in [6.45, 7) is 0. The van der Waals surface area contributed by atoms with Gasteiger partial charge in [-0.05, 0) is 48.5 Å². The van der Waals surface area contributed by atoms with Crippen LogP contribution in [-0.2, 0) is 20.2 Å². The number of hydrogen-bond donors (Lipinski definition) is 0. The van der Waals surface area contributed by atoms with Gasteiger partial charge in [-0.3, -0.25) is 0 Å². The average Bonchev–Trinajstić information content (AvgIpc) is 3.23. The van der Waals surface area contributed by atoms with Gasteiger partial charge in [-0.2, -0.15) is 16.8 Å². The molecule has 0 saturated heterocycles. The van der Waals surface area contributed by atoms with Crippen LogP contribution in [-0.4, -0.2) is 16.8 Å². The Bertz CT molecular complexity index is 1710. The summed E-state index contributed by atoms with van der Waals surface area (Å²) < 4.78 is 63.9. The van der Waals surface area contributed by atoms with Crippen molar-refractivity contribution in [3.63, 3.8) is 0 Å². The van der Waals surface area contributed by atoms with Gasteiger partial charge in [-0.15, -0.1) is 11.3 Å². The van der Waals surface area contributed by atoms with E-state index in [-0.39, 0.29) is 21.3 Å². The van der Waals surface area contributed by atoms with Crippen molar-refractivity contribution in [2.75, 3.05) is 0 Å². The number of fused-ring (bicyclic) bond motifs is 1. The van der Waals surface area contributed by atoms with E-state index in [0.717, 1.165) is 4.70 Å². The van der Waals surface area contributed by atoms with Gasteiger partial charge >= 0.3 is 20.2 Å². The van der Waals surface area contributed by atoms with Crippen molar-refractivity contribution < 1.29 is 25.2 Å². The summed E-state index contributed by atoms with van der Waals surface area (Å²) in [6.07, 6.45) is 0. The molecule has 0 amide bonds. The third-order valence-corrected chi connectivity index (χ3v) is 8.81. The highest BCUT2D eigenvalue weighted by atomic mass is 32.2. The van der Waals surface area contributed by atoms with Gasteiger partial charge in [-0.1, -0.05) is 60.7 Å². The van der Waals surface area contributed by atoms with Crippen molar-refractivity contribution in [1.29, 1.82) is 0 Å². The third-order valence-electron chi connectivity index (χ3n) is 5.14. The van der Waals surface area contributed by atoms with Crippen LogP contribution in [0.1, 0.15) is 0 Å². The van der Waals surface area contributed by atoms with E-state index >= 15 is 0 Å². The van der Waals surface area contributed by atoms with E-state index in [4.69, 9.17) is 8.37 Å². The lowest BCUT2D eigenvalue weighted by molar-refractivity contribution is 0.483. The van der Waals surface area contributed by atoms with Crippen molar-refractivity contribution in [2.45, 2.75) is 9.79 Å². The molecule has 0 spiro atoms. The summed E-state index contributed by atoms with van der Waals surface area (Å²) in [5.74, 6) is 0.174. The van der Waals surface area contributed by atoms with Crippen LogP contribution in [0.2, 0.25) is 0 Å². The van der Waals surface area contributed by atoms with E-state index in [1.54, 1.807) is 66.7 Å². The predicted molar refractivity (Wildman–Crippen MR) is 136 cm³/mol. The fraction of sp³-hybridized carbons (Fsp3) is 0. The predicted octanol–water partition coefficient (Wildman–Crippen LogP) is 6.10. The molecule has 5 rings (SSSR count). The highest BCUT2D eigenvalue weighted by Gasteiger charge is 2.26. The van der Waals surface area contributed by atoms with Crippen LogP contribution in [0.15, 0.2) is 119 Å². The van der Waals surface area contributed by atoms with Gasteiger partial charge in [0.25, 0.3) is 0 Å². The first kappa shape index (κ1) is 23.1. The number of thiophene rings is 1. The number of benzene rings is 4. The normalized spacial score (nSPS) is 11.9. The second-order valence-electron chi connectivity index (χ2n) is 7.45. The van der Waals surface area contributed by atoms with Gasteiger partial charge in [0.1, 0.15) is 9.79 Å². The van der Waals surface area contributed by atoms with Crippen LogP contribution in [0.5, 0.6) is 11.5 Å². The second kappa shape index (κ2) is 9.18. The van der Waals surface area contributed by atoms with Crippen molar-refractivity contribution in [1.82, 2.24) is 0 Å². The summed E-state index contributed by atoms with van der Waals surface area (Å²) in [5.41, 5.74) is 0.395. The van der Waals surface area contributed by atoms with E-state index < -0.39 is 20.2 Å². The zero-order valence-corrected chi connectivity index (χ0v) is 20.5. The Morgan fingerprint density at radius 1 is 0.543 bits per heavy atom. The Kier molecular flexibility index (Phi) is 6.06. The van der Waals surface area contributed by atoms with Gasteiger partial charge in [0, 0.05) is 15.6 Å². The maximum Gasteiger partial charge on any atom is 0.339 e. The molecule has 1 heterocycles. The lowest BCUT2D eigenvalue weighted by Gasteiger charge is -2.13. The molecule has 0 atom stereocenters. The fourth-order valence-corrected chi connectivity index (χ4v) is 6.67. The molecule has 176 valence electrons. The lowest BCUT2D eigenvalue weighted by atomic mass is 10.1. The van der Waals surface area contributed by atoms with Gasteiger partial charge < -0.3 is 8.37 Å². The number of rotatable bonds is 7. The Hall–Kier alpha value is -3.66. The van der Waals surface area contributed by atoms with Gasteiger partial charge in [0.2, 0.25) is 0 Å². The molecule has 0 N–H and O–H groups in total. The van der Waals surface area contributed by atoms with Crippen LogP contribution in [0.4, 0.5) is 0 Å². The summed E-state index contributed by atoms with van der Waals surface area (Å²) in [5, 5.41) is 0.590. The largest absolute Gasteiger partial charge is 0.378 e. The minimum Gasteiger partial charge on any atom is -0.378 e. The van der Waals surface area contributed by atoms with Crippen molar-refractivity contribution in [2.24, 2.45) is 0 Å². The van der Waals surface area contributed by atoms with E-state index in [1.165, 1.54) is 41.7 Å². The number of para-hydroxylation sites is 1. The molecule has 0 aliphatic heterocycles. The first-order chi connectivity index (χ1) is 16.9. The van der Waals surface area contributed by atoms with E-state index in [1.807, 2.05) is 12.1 Å². The summed E-state index contributed by atoms with van der Waals surface area (Å²) >= 11 is 1.28. The molecule has 5 aromatic rings. The van der Waals surface area contributed by atoms with Crippen LogP contribution in [0.25, 0.3) is 20.5 Å². The van der Waals surface area contributed by atoms with Crippen LogP contribution >= 0.6 is 11.3 Å². The molecule has 0 bridgehead atoms. The molecular weight excluding hydrogens is 504 g/mol. The smallest absolute Gasteiger partial charge is 0.339 e. The van der Waals surface area contributed by atoms with Crippen LogP contribution in [0, 0.1) is 0 Å². The summed E-state index contributed by atoms with van der Waals surface area (Å²) in [7, 11) is -8.27. The minimum absolute atomic E-state index is 0.00859.